The molecule has 0 radical (unpaired) electrons. The molecule has 0 bridgehead atoms. The van der Waals surface area contributed by atoms with Crippen molar-refractivity contribution in [2.24, 2.45) is 0 Å². The molecule has 19 heavy (non-hydrogen) atoms. The number of nitrogens with zero attached hydrogens (tertiary/aromatic N) is 1. The van der Waals surface area contributed by atoms with Gasteiger partial charge in [-0.2, -0.15) is 0 Å². The number of hydrogen-bond acceptors (Lipinski definition) is 3. The molecule has 2 rings (SSSR count). The maximum absolute atomic E-state index is 12.0. The van der Waals surface area contributed by atoms with Gasteiger partial charge in [0.05, 0.1) is 18.2 Å². The first-order chi connectivity index (χ1) is 9.20. The minimum atomic E-state index is -0.419. The summed E-state index contributed by atoms with van der Waals surface area (Å²) in [6.45, 7) is -0.153. The summed E-state index contributed by atoms with van der Waals surface area (Å²) in [5.41, 5.74) is 1.32. The summed E-state index contributed by atoms with van der Waals surface area (Å²) in [5.74, 6) is -0.261. The van der Waals surface area contributed by atoms with E-state index in [1.54, 1.807) is 12.1 Å². The van der Waals surface area contributed by atoms with E-state index in [4.69, 9.17) is 0 Å². The van der Waals surface area contributed by atoms with Crippen LogP contribution in [-0.2, 0) is 0 Å². The summed E-state index contributed by atoms with van der Waals surface area (Å²) in [5, 5.41) is 12.2. The van der Waals surface area contributed by atoms with Crippen molar-refractivity contribution >= 4 is 21.8 Å². The van der Waals surface area contributed by atoms with Gasteiger partial charge in [0.2, 0.25) is 0 Å². The molecule has 2 aromatic rings. The lowest BCUT2D eigenvalue weighted by molar-refractivity contribution is 0.0916. The Balaban J connectivity index is 2.10. The van der Waals surface area contributed by atoms with Gasteiger partial charge in [0.15, 0.2) is 0 Å². The Kier molecular flexibility index (Phi) is 4.65. The second-order valence-electron chi connectivity index (χ2n) is 3.99. The first-order valence-corrected chi connectivity index (χ1v) is 6.58. The third-order valence-electron chi connectivity index (χ3n) is 2.68. The lowest BCUT2D eigenvalue weighted by Gasteiger charge is -2.16. The Hall–Kier alpha value is -1.72. The third kappa shape index (κ3) is 3.62. The van der Waals surface area contributed by atoms with Crippen LogP contribution in [0.4, 0.5) is 0 Å². The Labute approximate surface area is 119 Å². The minimum Gasteiger partial charge on any atom is -0.394 e. The van der Waals surface area contributed by atoms with E-state index in [-0.39, 0.29) is 12.5 Å². The van der Waals surface area contributed by atoms with Crippen molar-refractivity contribution < 1.29 is 9.90 Å². The number of nitrogens with one attached hydrogen (secondary N) is 1. The summed E-state index contributed by atoms with van der Waals surface area (Å²) in [6, 6.07) is 12.3. The average molecular weight is 321 g/mol. The molecule has 1 atom stereocenters. The molecule has 1 amide bonds. The number of amides is 1. The molecule has 0 aliphatic rings. The number of pyridine rings is 1. The number of rotatable bonds is 4. The van der Waals surface area contributed by atoms with Crippen LogP contribution in [0.5, 0.6) is 0 Å². The molecule has 0 fully saturated rings. The fraction of sp³-hybridized carbons (Fsp3) is 0.143. The van der Waals surface area contributed by atoms with Gasteiger partial charge in [0, 0.05) is 6.20 Å². The SMILES string of the molecule is O=C(N[C@H](CO)c1ccccc1)c1ccc(Br)nc1. The molecule has 1 heterocycles. The maximum atomic E-state index is 12.0. The van der Waals surface area contributed by atoms with E-state index in [1.807, 2.05) is 30.3 Å². The molecule has 1 aromatic heterocycles. The molecule has 4 nitrogen and oxygen atoms in total. The monoisotopic (exact) mass is 320 g/mol. The van der Waals surface area contributed by atoms with E-state index in [0.29, 0.717) is 10.2 Å². The lowest BCUT2D eigenvalue weighted by atomic mass is 10.1. The molecule has 5 heteroatoms. The van der Waals surface area contributed by atoms with Gasteiger partial charge in [-0.25, -0.2) is 4.98 Å². The summed E-state index contributed by atoms with van der Waals surface area (Å²) in [6.07, 6.45) is 1.48. The molecule has 0 aliphatic heterocycles. The summed E-state index contributed by atoms with van der Waals surface area (Å²) >= 11 is 3.21. The molecule has 0 saturated heterocycles. The fourth-order valence-corrected chi connectivity index (χ4v) is 1.91. The highest BCUT2D eigenvalue weighted by Crippen LogP contribution is 2.13. The second-order valence-corrected chi connectivity index (χ2v) is 4.80. The van der Waals surface area contributed by atoms with Crippen molar-refractivity contribution in [3.63, 3.8) is 0 Å². The molecular weight excluding hydrogens is 308 g/mol. The van der Waals surface area contributed by atoms with E-state index in [0.717, 1.165) is 5.56 Å². The van der Waals surface area contributed by atoms with Crippen molar-refractivity contribution in [1.82, 2.24) is 10.3 Å². The van der Waals surface area contributed by atoms with E-state index >= 15 is 0 Å². The maximum Gasteiger partial charge on any atom is 0.253 e. The Morgan fingerprint density at radius 1 is 1.26 bits per heavy atom. The van der Waals surface area contributed by atoms with Crippen molar-refractivity contribution in [3.05, 3.63) is 64.4 Å². The average Bonchev–Trinajstić information content (AvgIpc) is 2.46. The highest BCUT2D eigenvalue weighted by molar-refractivity contribution is 9.10. The molecule has 1 aromatic carbocycles. The van der Waals surface area contributed by atoms with Gasteiger partial charge < -0.3 is 10.4 Å². The van der Waals surface area contributed by atoms with Crippen molar-refractivity contribution in [2.75, 3.05) is 6.61 Å². The molecule has 98 valence electrons. The van der Waals surface area contributed by atoms with E-state index in [2.05, 4.69) is 26.2 Å². The molecule has 0 unspecified atom stereocenters. The number of aromatic nitrogens is 1. The van der Waals surface area contributed by atoms with Gasteiger partial charge in [-0.1, -0.05) is 30.3 Å². The summed E-state index contributed by atoms with van der Waals surface area (Å²) < 4.78 is 0.672. The quantitative estimate of drug-likeness (QED) is 0.850. The van der Waals surface area contributed by atoms with Crippen molar-refractivity contribution in [1.29, 1.82) is 0 Å². The van der Waals surface area contributed by atoms with E-state index in [1.165, 1.54) is 6.20 Å². The fourth-order valence-electron chi connectivity index (χ4n) is 1.67. The van der Waals surface area contributed by atoms with Crippen LogP contribution < -0.4 is 5.32 Å². The van der Waals surface area contributed by atoms with Gasteiger partial charge in [0.25, 0.3) is 5.91 Å². The van der Waals surface area contributed by atoms with Gasteiger partial charge >= 0.3 is 0 Å². The highest BCUT2D eigenvalue weighted by atomic mass is 79.9. The first-order valence-electron chi connectivity index (χ1n) is 5.79. The standard InChI is InChI=1S/C14H13BrN2O2/c15-13-7-6-11(8-16-13)14(19)17-12(9-18)10-4-2-1-3-5-10/h1-8,12,18H,9H2,(H,17,19)/t12-/m1/s1. The highest BCUT2D eigenvalue weighted by Gasteiger charge is 2.14. The zero-order chi connectivity index (χ0) is 13.7. The molecule has 0 aliphatic carbocycles. The number of benzene rings is 1. The van der Waals surface area contributed by atoms with Crippen LogP contribution in [0, 0.1) is 0 Å². The van der Waals surface area contributed by atoms with Crippen LogP contribution in [0.15, 0.2) is 53.3 Å². The van der Waals surface area contributed by atoms with Crippen LogP contribution in [0.2, 0.25) is 0 Å². The number of halogens is 1. The van der Waals surface area contributed by atoms with Crippen molar-refractivity contribution in [2.45, 2.75) is 6.04 Å². The smallest absolute Gasteiger partial charge is 0.253 e. The zero-order valence-corrected chi connectivity index (χ0v) is 11.7. The van der Waals surface area contributed by atoms with Crippen LogP contribution in [0.25, 0.3) is 0 Å². The Morgan fingerprint density at radius 3 is 2.58 bits per heavy atom. The molecule has 0 spiro atoms. The predicted octanol–water partition coefficient (Wildman–Crippen LogP) is 2.31. The van der Waals surface area contributed by atoms with Gasteiger partial charge in [0.1, 0.15) is 4.60 Å². The molecule has 2 N–H and O–H groups in total. The topological polar surface area (TPSA) is 62.2 Å². The second kappa shape index (κ2) is 6.45. The summed E-state index contributed by atoms with van der Waals surface area (Å²) in [7, 11) is 0. The summed E-state index contributed by atoms with van der Waals surface area (Å²) in [4.78, 5) is 16.0. The number of carbonyl (C=O) groups excluding carboxylic acids is 1. The largest absolute Gasteiger partial charge is 0.394 e. The van der Waals surface area contributed by atoms with Crippen LogP contribution in [0.3, 0.4) is 0 Å². The minimum absolute atomic E-state index is 0.153. The number of hydrogen-bond donors (Lipinski definition) is 2. The van der Waals surface area contributed by atoms with Crippen LogP contribution in [0.1, 0.15) is 22.0 Å². The van der Waals surface area contributed by atoms with Gasteiger partial charge in [-0.3, -0.25) is 4.79 Å². The van der Waals surface area contributed by atoms with Crippen molar-refractivity contribution in [3.8, 4) is 0 Å². The zero-order valence-electron chi connectivity index (χ0n) is 10.1. The Morgan fingerprint density at radius 2 is 2.00 bits per heavy atom. The molecule has 0 saturated carbocycles. The number of aliphatic hydroxyl groups excluding tert-OH is 1. The lowest BCUT2D eigenvalue weighted by Crippen LogP contribution is -2.30. The first kappa shape index (κ1) is 13.7. The van der Waals surface area contributed by atoms with E-state index in [9.17, 15) is 9.90 Å². The number of carbonyl (C=O) groups is 1. The van der Waals surface area contributed by atoms with Crippen LogP contribution in [-0.4, -0.2) is 22.6 Å². The normalized spacial score (nSPS) is 11.9. The molecular formula is C14H13BrN2O2. The van der Waals surface area contributed by atoms with Gasteiger partial charge in [-0.15, -0.1) is 0 Å². The van der Waals surface area contributed by atoms with E-state index < -0.39 is 6.04 Å². The van der Waals surface area contributed by atoms with Crippen LogP contribution >= 0.6 is 15.9 Å². The Bertz CT molecular complexity index is 543. The number of aliphatic hydroxyl groups is 1. The predicted molar refractivity (Wildman–Crippen MR) is 75.7 cm³/mol. The third-order valence-corrected chi connectivity index (χ3v) is 3.15. The van der Waals surface area contributed by atoms with Gasteiger partial charge in [-0.05, 0) is 33.6 Å².